The third-order valence-corrected chi connectivity index (χ3v) is 4.77. The molecule has 0 heterocycles. The van der Waals surface area contributed by atoms with E-state index in [0.717, 1.165) is 0 Å². The Kier molecular flexibility index (Phi) is 7.93. The molecule has 0 atom stereocenters. The normalized spacial score (nSPS) is 10.7. The number of likely N-dealkylation sites (N-methyl/N-ethyl adjacent to an activating group) is 1. The van der Waals surface area contributed by atoms with Gasteiger partial charge in [-0.2, -0.15) is 0 Å². The van der Waals surface area contributed by atoms with Gasteiger partial charge in [0.1, 0.15) is 0 Å². The maximum Gasteiger partial charge on any atom is 0.254 e. The van der Waals surface area contributed by atoms with E-state index >= 15 is 0 Å². The van der Waals surface area contributed by atoms with Gasteiger partial charge in [-0.25, -0.2) is 0 Å². The number of amides is 2. The minimum absolute atomic E-state index is 0.146. The zero-order valence-corrected chi connectivity index (χ0v) is 18.1. The number of halogens is 2. The lowest BCUT2D eigenvalue weighted by molar-refractivity contribution is -0.116. The molecular weight excluding hydrogens is 415 g/mol. The number of hydrogen-bond acceptors (Lipinski definition) is 4. The number of rotatable bonds is 7. The maximum atomic E-state index is 12.8. The Morgan fingerprint density at radius 1 is 1.10 bits per heavy atom. The van der Waals surface area contributed by atoms with E-state index in [4.69, 9.17) is 32.7 Å². The smallest absolute Gasteiger partial charge is 0.254 e. The highest BCUT2D eigenvalue weighted by molar-refractivity contribution is 6.42. The monoisotopic (exact) mass is 436 g/mol. The van der Waals surface area contributed by atoms with Crippen LogP contribution in [0.5, 0.6) is 11.5 Å². The van der Waals surface area contributed by atoms with Crippen molar-refractivity contribution in [2.45, 2.75) is 6.92 Å². The first kappa shape index (κ1) is 22.6. The van der Waals surface area contributed by atoms with Gasteiger partial charge in [0.25, 0.3) is 5.91 Å². The predicted octanol–water partition coefficient (Wildman–Crippen LogP) is 4.75. The molecule has 8 heteroatoms. The fraction of sp³-hybridized carbons (Fsp3) is 0.238. The summed E-state index contributed by atoms with van der Waals surface area (Å²) in [6, 6.07) is 8.03. The van der Waals surface area contributed by atoms with Crippen molar-refractivity contribution >= 4 is 46.8 Å². The van der Waals surface area contributed by atoms with Crippen molar-refractivity contribution in [2.75, 3.05) is 33.1 Å². The molecule has 0 aliphatic carbocycles. The number of hydrogen-bond donors (Lipinski definition) is 1. The summed E-state index contributed by atoms with van der Waals surface area (Å²) in [5.74, 6) is 0.261. The number of anilines is 1. The van der Waals surface area contributed by atoms with Gasteiger partial charge in [0.15, 0.2) is 11.5 Å². The SMILES string of the molecule is C/C=C/c1cc(C(=O)N(C)CC(=O)Nc2ccc(Cl)c(Cl)c2)cc(OC)c1OC. The van der Waals surface area contributed by atoms with Gasteiger partial charge < -0.3 is 19.7 Å². The van der Waals surface area contributed by atoms with Crippen LogP contribution in [0.3, 0.4) is 0 Å². The summed E-state index contributed by atoms with van der Waals surface area (Å²) in [6.07, 6.45) is 3.65. The summed E-state index contributed by atoms with van der Waals surface area (Å²) >= 11 is 11.8. The molecule has 154 valence electrons. The van der Waals surface area contributed by atoms with Gasteiger partial charge in [0, 0.05) is 23.9 Å². The highest BCUT2D eigenvalue weighted by atomic mass is 35.5. The molecule has 0 fully saturated rings. The largest absolute Gasteiger partial charge is 0.493 e. The summed E-state index contributed by atoms with van der Waals surface area (Å²) in [6.45, 7) is 1.71. The van der Waals surface area contributed by atoms with Crippen LogP contribution >= 0.6 is 23.2 Å². The second-order valence-corrected chi connectivity index (χ2v) is 6.95. The first-order chi connectivity index (χ1) is 13.8. The third kappa shape index (κ3) is 5.65. The van der Waals surface area contributed by atoms with E-state index in [2.05, 4.69) is 5.32 Å². The molecule has 0 saturated heterocycles. The standard InChI is InChI=1S/C21H22Cl2N2O4/c1-5-6-13-9-14(10-18(28-3)20(13)29-4)21(27)25(2)12-19(26)24-15-7-8-16(22)17(23)11-15/h5-11H,12H2,1-4H3,(H,24,26)/b6-5+. The lowest BCUT2D eigenvalue weighted by atomic mass is 10.1. The van der Waals surface area contributed by atoms with Crippen LogP contribution in [0.2, 0.25) is 10.0 Å². The fourth-order valence-electron chi connectivity index (χ4n) is 2.70. The van der Waals surface area contributed by atoms with Crippen LogP contribution in [-0.2, 0) is 4.79 Å². The molecule has 0 spiro atoms. The zero-order chi connectivity index (χ0) is 21.6. The maximum absolute atomic E-state index is 12.8. The highest BCUT2D eigenvalue weighted by Gasteiger charge is 2.19. The number of benzene rings is 2. The number of nitrogens with one attached hydrogen (secondary N) is 1. The molecular formula is C21H22Cl2N2O4. The van der Waals surface area contributed by atoms with Crippen molar-refractivity contribution in [3.63, 3.8) is 0 Å². The van der Waals surface area contributed by atoms with Gasteiger partial charge in [0.2, 0.25) is 5.91 Å². The van der Waals surface area contributed by atoms with Crippen molar-refractivity contribution in [1.82, 2.24) is 4.90 Å². The van der Waals surface area contributed by atoms with Crippen LogP contribution in [0.1, 0.15) is 22.8 Å². The van der Waals surface area contributed by atoms with Crippen molar-refractivity contribution in [3.05, 3.63) is 57.6 Å². The van der Waals surface area contributed by atoms with Crippen LogP contribution < -0.4 is 14.8 Å². The number of allylic oxidation sites excluding steroid dienone is 1. The minimum Gasteiger partial charge on any atom is -0.493 e. The van der Waals surface area contributed by atoms with E-state index in [1.54, 1.807) is 37.4 Å². The van der Waals surface area contributed by atoms with Crippen molar-refractivity contribution in [3.8, 4) is 11.5 Å². The van der Waals surface area contributed by atoms with Crippen molar-refractivity contribution < 1.29 is 19.1 Å². The molecule has 29 heavy (non-hydrogen) atoms. The first-order valence-corrected chi connectivity index (χ1v) is 9.45. The summed E-state index contributed by atoms with van der Waals surface area (Å²) < 4.78 is 10.7. The van der Waals surface area contributed by atoms with Crippen LogP contribution in [0, 0.1) is 0 Å². The van der Waals surface area contributed by atoms with Crippen LogP contribution in [0.15, 0.2) is 36.4 Å². The Balaban J connectivity index is 2.17. The van der Waals surface area contributed by atoms with E-state index in [-0.39, 0.29) is 18.4 Å². The molecule has 0 aromatic heterocycles. The van der Waals surface area contributed by atoms with Crippen molar-refractivity contribution in [1.29, 1.82) is 0 Å². The lowest BCUT2D eigenvalue weighted by Crippen LogP contribution is -2.35. The topological polar surface area (TPSA) is 67.9 Å². The van der Waals surface area contributed by atoms with Gasteiger partial charge >= 0.3 is 0 Å². The molecule has 0 unspecified atom stereocenters. The summed E-state index contributed by atoms with van der Waals surface area (Å²) in [4.78, 5) is 26.5. The van der Waals surface area contributed by atoms with E-state index in [1.165, 1.54) is 19.1 Å². The van der Waals surface area contributed by atoms with E-state index in [0.29, 0.717) is 38.4 Å². The number of methoxy groups -OCH3 is 2. The van der Waals surface area contributed by atoms with Gasteiger partial charge in [-0.1, -0.05) is 35.4 Å². The predicted molar refractivity (Wildman–Crippen MR) is 116 cm³/mol. The second kappa shape index (κ2) is 10.2. The molecule has 6 nitrogen and oxygen atoms in total. The van der Waals surface area contributed by atoms with E-state index in [1.807, 2.05) is 19.1 Å². The summed E-state index contributed by atoms with van der Waals surface area (Å²) in [7, 11) is 4.58. The average molecular weight is 437 g/mol. The number of nitrogens with zero attached hydrogens (tertiary/aromatic N) is 1. The highest BCUT2D eigenvalue weighted by Crippen LogP contribution is 2.34. The van der Waals surface area contributed by atoms with Crippen LogP contribution in [0.4, 0.5) is 5.69 Å². The van der Waals surface area contributed by atoms with Gasteiger partial charge in [0.05, 0.1) is 30.8 Å². The molecule has 2 aromatic rings. The second-order valence-electron chi connectivity index (χ2n) is 6.14. The van der Waals surface area contributed by atoms with Crippen LogP contribution in [0.25, 0.3) is 6.08 Å². The Bertz CT molecular complexity index is 945. The number of carbonyl (C=O) groups excluding carboxylic acids is 2. The number of carbonyl (C=O) groups is 2. The first-order valence-electron chi connectivity index (χ1n) is 8.69. The van der Waals surface area contributed by atoms with E-state index in [9.17, 15) is 9.59 Å². The van der Waals surface area contributed by atoms with E-state index < -0.39 is 0 Å². The summed E-state index contributed by atoms with van der Waals surface area (Å²) in [5.41, 5.74) is 1.57. The Morgan fingerprint density at radius 3 is 2.41 bits per heavy atom. The molecule has 0 radical (unpaired) electrons. The quantitative estimate of drug-likeness (QED) is 0.679. The summed E-state index contributed by atoms with van der Waals surface area (Å²) in [5, 5.41) is 3.41. The van der Waals surface area contributed by atoms with Crippen molar-refractivity contribution in [2.24, 2.45) is 0 Å². The third-order valence-electron chi connectivity index (χ3n) is 4.03. The molecule has 0 bridgehead atoms. The van der Waals surface area contributed by atoms with Gasteiger partial charge in [-0.05, 0) is 37.3 Å². The molecule has 2 amide bonds. The molecule has 0 saturated carbocycles. The Labute approximate surface area is 180 Å². The minimum atomic E-state index is -0.367. The average Bonchev–Trinajstić information content (AvgIpc) is 2.69. The lowest BCUT2D eigenvalue weighted by Gasteiger charge is -2.19. The molecule has 0 aliphatic heterocycles. The Hall–Kier alpha value is -2.70. The number of ether oxygens (including phenoxy) is 2. The van der Waals surface area contributed by atoms with Gasteiger partial charge in [-0.15, -0.1) is 0 Å². The van der Waals surface area contributed by atoms with Gasteiger partial charge in [-0.3, -0.25) is 9.59 Å². The molecule has 0 aliphatic rings. The molecule has 2 aromatic carbocycles. The Morgan fingerprint density at radius 2 is 1.83 bits per heavy atom. The van der Waals surface area contributed by atoms with Crippen LogP contribution in [-0.4, -0.2) is 44.5 Å². The fourth-order valence-corrected chi connectivity index (χ4v) is 3.00. The molecule has 2 rings (SSSR count). The zero-order valence-electron chi connectivity index (χ0n) is 16.6. The molecule has 1 N–H and O–H groups in total.